The van der Waals surface area contributed by atoms with Gasteiger partial charge in [0.1, 0.15) is 5.52 Å². The smallest absolute Gasteiger partial charge is 0.161 e. The van der Waals surface area contributed by atoms with E-state index in [0.717, 1.165) is 57.4 Å². The van der Waals surface area contributed by atoms with E-state index in [1.807, 2.05) is 44.8 Å². The highest BCUT2D eigenvalue weighted by molar-refractivity contribution is 5.94. The lowest BCUT2D eigenvalue weighted by atomic mass is 10.0. The largest absolute Gasteiger partial charge is 0.335 e. The molecule has 2 N–H and O–H groups in total. The van der Waals surface area contributed by atoms with Gasteiger partial charge in [-0.3, -0.25) is 15.1 Å². The summed E-state index contributed by atoms with van der Waals surface area (Å²) >= 11 is 0. The minimum Gasteiger partial charge on any atom is -0.335 e. The Morgan fingerprint density at radius 2 is 1.83 bits per heavy atom. The summed E-state index contributed by atoms with van der Waals surface area (Å²) in [6.45, 7) is 7.37. The summed E-state index contributed by atoms with van der Waals surface area (Å²) in [5.41, 5.74) is 9.23. The number of imidazole rings is 1. The Balaban J connectivity index is 1.56. The number of aromatic nitrogens is 7. The predicted octanol–water partition coefficient (Wildman–Crippen LogP) is 5.47. The van der Waals surface area contributed by atoms with Gasteiger partial charge in [-0.1, -0.05) is 19.9 Å². The molecule has 0 spiro atoms. The minimum atomic E-state index is 0.598. The van der Waals surface area contributed by atoms with E-state index in [-0.39, 0.29) is 0 Å². The molecule has 0 bridgehead atoms. The first-order valence-corrected chi connectivity index (χ1v) is 11.8. The lowest BCUT2D eigenvalue weighted by Crippen LogP contribution is -2.10. The molecule has 8 nitrogen and oxygen atoms in total. The van der Waals surface area contributed by atoms with Crippen LogP contribution in [0.3, 0.4) is 0 Å². The highest BCUT2D eigenvalue weighted by Crippen LogP contribution is 2.30. The van der Waals surface area contributed by atoms with Crippen molar-refractivity contribution in [1.29, 1.82) is 0 Å². The van der Waals surface area contributed by atoms with Crippen molar-refractivity contribution >= 4 is 27.6 Å². The number of aromatic amines is 2. The van der Waals surface area contributed by atoms with Gasteiger partial charge in [0.15, 0.2) is 11.5 Å². The van der Waals surface area contributed by atoms with E-state index in [0.29, 0.717) is 17.4 Å². The number of H-pyrrole nitrogens is 2. The normalized spacial score (nSPS) is 12.5. The molecule has 35 heavy (non-hydrogen) atoms. The van der Waals surface area contributed by atoms with Crippen LogP contribution in [-0.2, 0) is 6.54 Å². The number of hydrogen-bond acceptors (Lipinski definition) is 6. The molecule has 0 saturated heterocycles. The summed E-state index contributed by atoms with van der Waals surface area (Å²) in [4.78, 5) is 24.2. The van der Waals surface area contributed by atoms with Crippen molar-refractivity contribution in [3.63, 3.8) is 0 Å². The van der Waals surface area contributed by atoms with E-state index in [9.17, 15) is 0 Å². The molecule has 5 aromatic rings. The lowest BCUT2D eigenvalue weighted by Gasteiger charge is -2.10. The third-order valence-electron chi connectivity index (χ3n) is 5.94. The first-order chi connectivity index (χ1) is 16.9. The van der Waals surface area contributed by atoms with Crippen molar-refractivity contribution in [3.05, 3.63) is 60.2 Å². The van der Waals surface area contributed by atoms with Crippen molar-refractivity contribution < 1.29 is 0 Å². The van der Waals surface area contributed by atoms with Crippen LogP contribution >= 0.6 is 0 Å². The highest BCUT2D eigenvalue weighted by atomic mass is 15.2. The van der Waals surface area contributed by atoms with E-state index >= 15 is 0 Å². The van der Waals surface area contributed by atoms with E-state index in [2.05, 4.69) is 63.0 Å². The lowest BCUT2D eigenvalue weighted by molar-refractivity contribution is 0.402. The number of nitrogens with zero attached hydrogens (tertiary/aromatic N) is 6. The second kappa shape index (κ2) is 9.38. The quantitative estimate of drug-likeness (QED) is 0.330. The van der Waals surface area contributed by atoms with Gasteiger partial charge in [0.05, 0.1) is 28.4 Å². The van der Waals surface area contributed by atoms with Crippen LogP contribution in [0.15, 0.2) is 49.1 Å². The third-order valence-corrected chi connectivity index (χ3v) is 5.94. The standard InChI is InChI=1S/C27H30N8/c1-16(2)6-7-17(3)20-13-29-14-23-24(20)32-27(31-23)26-25-22(33-34-26)9-8-21(30-25)19-10-18(11-28-12-19)15-35(4)5/h7-14,16H,6,15H2,1-5H3,(H,31,32)(H,33,34)/b17-7+. The molecule has 5 rings (SSSR count). The predicted molar refractivity (Wildman–Crippen MR) is 140 cm³/mol. The Morgan fingerprint density at radius 1 is 1.00 bits per heavy atom. The molecule has 0 aliphatic carbocycles. The first kappa shape index (κ1) is 22.9. The topological polar surface area (TPSA) is 99.3 Å². The third kappa shape index (κ3) is 4.70. The molecule has 0 aliphatic heterocycles. The number of nitrogens with one attached hydrogen (secondary N) is 2. The Hall–Kier alpha value is -3.91. The summed E-state index contributed by atoms with van der Waals surface area (Å²) in [7, 11) is 4.09. The van der Waals surface area contributed by atoms with Crippen LogP contribution in [0.1, 0.15) is 38.3 Å². The second-order valence-electron chi connectivity index (χ2n) is 9.67. The summed E-state index contributed by atoms with van der Waals surface area (Å²) in [6, 6.07) is 6.12. The number of hydrogen-bond donors (Lipinski definition) is 2. The molecule has 5 heterocycles. The van der Waals surface area contributed by atoms with Crippen molar-refractivity contribution in [2.75, 3.05) is 14.1 Å². The Bertz CT molecular complexity index is 1520. The SMILES string of the molecule is C/C(=C\CC(C)C)c1cncc2[nH]c(-c3n[nH]c4ccc(-c5cncc(CN(C)C)c5)nc34)nc12. The van der Waals surface area contributed by atoms with Gasteiger partial charge in [-0.25, -0.2) is 9.97 Å². The van der Waals surface area contributed by atoms with Crippen LogP contribution in [0, 0.1) is 5.92 Å². The average molecular weight is 467 g/mol. The molecule has 0 radical (unpaired) electrons. The molecule has 0 saturated carbocycles. The van der Waals surface area contributed by atoms with Gasteiger partial charge in [0.25, 0.3) is 0 Å². The monoisotopic (exact) mass is 466 g/mol. The van der Waals surface area contributed by atoms with E-state index < -0.39 is 0 Å². The van der Waals surface area contributed by atoms with Crippen LogP contribution < -0.4 is 0 Å². The van der Waals surface area contributed by atoms with E-state index in [1.165, 1.54) is 5.57 Å². The molecular formula is C27H30N8. The Kier molecular flexibility index (Phi) is 6.13. The van der Waals surface area contributed by atoms with Gasteiger partial charge in [-0.05, 0) is 62.7 Å². The van der Waals surface area contributed by atoms with Crippen LogP contribution in [0.4, 0.5) is 0 Å². The van der Waals surface area contributed by atoms with E-state index in [4.69, 9.17) is 9.97 Å². The molecule has 0 atom stereocenters. The summed E-state index contributed by atoms with van der Waals surface area (Å²) in [6.07, 6.45) is 10.7. The summed E-state index contributed by atoms with van der Waals surface area (Å²) in [5.74, 6) is 1.27. The zero-order valence-electron chi connectivity index (χ0n) is 20.8. The minimum absolute atomic E-state index is 0.598. The molecule has 5 aromatic heterocycles. The molecule has 0 unspecified atom stereocenters. The van der Waals surface area contributed by atoms with Crippen molar-refractivity contribution in [3.8, 4) is 22.8 Å². The number of rotatable bonds is 7. The van der Waals surface area contributed by atoms with E-state index in [1.54, 1.807) is 6.20 Å². The molecule has 178 valence electrons. The van der Waals surface area contributed by atoms with Crippen LogP contribution in [0.5, 0.6) is 0 Å². The second-order valence-corrected chi connectivity index (χ2v) is 9.67. The van der Waals surface area contributed by atoms with Crippen molar-refractivity contribution in [1.82, 2.24) is 40.0 Å². The first-order valence-electron chi connectivity index (χ1n) is 11.8. The van der Waals surface area contributed by atoms with Gasteiger partial charge in [-0.15, -0.1) is 0 Å². The van der Waals surface area contributed by atoms with Gasteiger partial charge in [0.2, 0.25) is 0 Å². The Morgan fingerprint density at radius 3 is 2.63 bits per heavy atom. The molecule has 0 fully saturated rings. The fraction of sp³-hybridized carbons (Fsp3) is 0.296. The molecule has 0 amide bonds. The molecular weight excluding hydrogens is 436 g/mol. The summed E-state index contributed by atoms with van der Waals surface area (Å²) in [5, 5.41) is 7.64. The fourth-order valence-electron chi connectivity index (χ4n) is 4.16. The van der Waals surface area contributed by atoms with Crippen LogP contribution in [0.2, 0.25) is 0 Å². The van der Waals surface area contributed by atoms with Gasteiger partial charge in [0, 0.05) is 36.3 Å². The zero-order chi connectivity index (χ0) is 24.5. The van der Waals surface area contributed by atoms with Crippen molar-refractivity contribution in [2.45, 2.75) is 33.7 Å². The van der Waals surface area contributed by atoms with Gasteiger partial charge < -0.3 is 9.88 Å². The number of pyridine rings is 3. The maximum atomic E-state index is 4.94. The molecule has 0 aliphatic rings. The zero-order valence-corrected chi connectivity index (χ0v) is 20.8. The summed E-state index contributed by atoms with van der Waals surface area (Å²) < 4.78 is 0. The average Bonchev–Trinajstić information content (AvgIpc) is 3.45. The van der Waals surface area contributed by atoms with Gasteiger partial charge in [-0.2, -0.15) is 5.10 Å². The number of allylic oxidation sites excluding steroid dienone is 2. The van der Waals surface area contributed by atoms with Crippen molar-refractivity contribution in [2.24, 2.45) is 5.92 Å². The van der Waals surface area contributed by atoms with Crippen LogP contribution in [-0.4, -0.2) is 54.1 Å². The fourth-order valence-corrected chi connectivity index (χ4v) is 4.16. The maximum Gasteiger partial charge on any atom is 0.161 e. The van der Waals surface area contributed by atoms with Gasteiger partial charge >= 0.3 is 0 Å². The molecule has 0 aromatic carbocycles. The molecule has 8 heteroatoms. The highest BCUT2D eigenvalue weighted by Gasteiger charge is 2.17. The van der Waals surface area contributed by atoms with Crippen LogP contribution in [0.25, 0.3) is 50.4 Å². The Labute approximate surface area is 204 Å². The maximum absolute atomic E-state index is 4.94. The number of fused-ring (bicyclic) bond motifs is 2.